The maximum Gasteiger partial charge on any atom is 0.294 e. The van der Waals surface area contributed by atoms with Crippen molar-refractivity contribution in [1.82, 2.24) is 15.1 Å². The number of nitrogens with one attached hydrogen (secondary N) is 1. The van der Waals surface area contributed by atoms with Gasteiger partial charge < -0.3 is 5.32 Å². The van der Waals surface area contributed by atoms with Crippen LogP contribution in [0, 0.1) is 24.0 Å². The van der Waals surface area contributed by atoms with Crippen LogP contribution >= 0.6 is 0 Å². The van der Waals surface area contributed by atoms with Gasteiger partial charge in [0.2, 0.25) is 0 Å². The molecular weight excluding hydrogens is 268 g/mol. The smallest absolute Gasteiger partial charge is 0.294 e. The predicted molar refractivity (Wildman–Crippen MR) is 81.7 cm³/mol. The number of aryl methyl sites for hydroxylation is 1. The normalized spacial score (nSPS) is 10.8. The van der Waals surface area contributed by atoms with Crippen LogP contribution in [0.15, 0.2) is 24.3 Å². The van der Waals surface area contributed by atoms with E-state index >= 15 is 0 Å². The molecule has 1 aromatic carbocycles. The Morgan fingerprint density at radius 2 is 2.05 bits per heavy atom. The molecule has 0 amide bonds. The van der Waals surface area contributed by atoms with Crippen molar-refractivity contribution in [2.24, 2.45) is 0 Å². The molecule has 0 aliphatic carbocycles. The van der Waals surface area contributed by atoms with E-state index in [0.717, 1.165) is 36.5 Å². The summed E-state index contributed by atoms with van der Waals surface area (Å²) in [6.07, 6.45) is 1.07. The van der Waals surface area contributed by atoms with Gasteiger partial charge in [-0.15, -0.1) is 0 Å². The van der Waals surface area contributed by atoms with Crippen molar-refractivity contribution in [2.45, 2.75) is 33.7 Å². The van der Waals surface area contributed by atoms with Crippen molar-refractivity contribution in [3.05, 3.63) is 51.3 Å². The minimum absolute atomic E-state index is 0.0659. The van der Waals surface area contributed by atoms with Crippen LogP contribution < -0.4 is 5.32 Å². The van der Waals surface area contributed by atoms with E-state index in [1.807, 2.05) is 13.8 Å². The number of hydrogen-bond donors (Lipinski definition) is 1. The van der Waals surface area contributed by atoms with Gasteiger partial charge in [0, 0.05) is 23.9 Å². The second-order valence-corrected chi connectivity index (χ2v) is 4.98. The van der Waals surface area contributed by atoms with Crippen molar-refractivity contribution in [2.75, 3.05) is 6.54 Å². The average Bonchev–Trinajstić information content (AvgIpc) is 2.75. The number of hydrogen-bond acceptors (Lipinski definition) is 4. The molecular formula is C15H20N4O2. The van der Waals surface area contributed by atoms with Crippen LogP contribution in [0.2, 0.25) is 0 Å². The first-order valence-corrected chi connectivity index (χ1v) is 7.05. The molecule has 0 fully saturated rings. The minimum atomic E-state index is -0.374. The van der Waals surface area contributed by atoms with E-state index in [4.69, 9.17) is 0 Å². The number of nitro benzene ring substituents is 1. The Kier molecular flexibility index (Phi) is 4.70. The third-order valence-corrected chi connectivity index (χ3v) is 3.48. The summed E-state index contributed by atoms with van der Waals surface area (Å²) in [6.45, 7) is 7.66. The Morgan fingerprint density at radius 3 is 2.71 bits per heavy atom. The van der Waals surface area contributed by atoms with E-state index < -0.39 is 0 Å². The first kappa shape index (κ1) is 15.2. The predicted octanol–water partition coefficient (Wildman–Crippen LogP) is 2.90. The van der Waals surface area contributed by atoms with Crippen LogP contribution in [0.4, 0.5) is 5.69 Å². The SMILES string of the molecule is CCCNCc1c(C)nn(-c2ccccc2[N+](=O)[O-])c1C. The molecule has 112 valence electrons. The van der Waals surface area contributed by atoms with Crippen molar-refractivity contribution in [3.63, 3.8) is 0 Å². The molecule has 0 atom stereocenters. The lowest BCUT2D eigenvalue weighted by Gasteiger charge is -2.07. The number of benzene rings is 1. The highest BCUT2D eigenvalue weighted by atomic mass is 16.6. The van der Waals surface area contributed by atoms with Gasteiger partial charge in [0.25, 0.3) is 5.69 Å². The van der Waals surface area contributed by atoms with Gasteiger partial charge >= 0.3 is 0 Å². The topological polar surface area (TPSA) is 73.0 Å². The molecule has 1 aromatic heterocycles. The number of nitrogens with zero attached hydrogens (tertiary/aromatic N) is 3. The van der Waals surface area contributed by atoms with E-state index in [1.165, 1.54) is 6.07 Å². The maximum atomic E-state index is 11.2. The third kappa shape index (κ3) is 3.11. The number of nitro groups is 1. The molecule has 0 aliphatic rings. The molecule has 0 saturated carbocycles. The molecule has 0 aliphatic heterocycles. The zero-order valence-electron chi connectivity index (χ0n) is 12.6. The molecule has 2 aromatic rings. The molecule has 0 unspecified atom stereocenters. The molecule has 1 N–H and O–H groups in total. The summed E-state index contributed by atoms with van der Waals surface area (Å²) in [5.74, 6) is 0. The summed E-state index contributed by atoms with van der Waals surface area (Å²) in [4.78, 5) is 10.8. The average molecular weight is 288 g/mol. The van der Waals surface area contributed by atoms with Gasteiger partial charge in [-0.3, -0.25) is 10.1 Å². The molecule has 0 saturated heterocycles. The first-order chi connectivity index (χ1) is 10.1. The summed E-state index contributed by atoms with van der Waals surface area (Å²) in [5, 5.41) is 19.0. The van der Waals surface area contributed by atoms with E-state index in [0.29, 0.717) is 5.69 Å². The maximum absolute atomic E-state index is 11.2. The van der Waals surface area contributed by atoms with Gasteiger partial charge in [-0.2, -0.15) is 5.10 Å². The molecule has 1 heterocycles. The Bertz CT molecular complexity index is 649. The van der Waals surface area contributed by atoms with E-state index in [9.17, 15) is 10.1 Å². The van der Waals surface area contributed by atoms with E-state index in [2.05, 4.69) is 17.3 Å². The molecule has 0 bridgehead atoms. The standard InChI is InChI=1S/C15H20N4O2/c1-4-9-16-10-13-11(2)17-18(12(13)3)14-7-5-6-8-15(14)19(20)21/h5-8,16H,4,9-10H2,1-3H3. The Balaban J connectivity index is 2.42. The number of aromatic nitrogens is 2. The van der Waals surface area contributed by atoms with Gasteiger partial charge in [-0.05, 0) is 32.9 Å². The van der Waals surface area contributed by atoms with Crippen LogP contribution in [0.25, 0.3) is 5.69 Å². The van der Waals surface area contributed by atoms with Gasteiger partial charge in [0.05, 0.1) is 10.6 Å². The molecule has 0 spiro atoms. The van der Waals surface area contributed by atoms with Gasteiger partial charge in [0.1, 0.15) is 5.69 Å². The quantitative estimate of drug-likeness (QED) is 0.504. The largest absolute Gasteiger partial charge is 0.313 e. The highest BCUT2D eigenvalue weighted by Crippen LogP contribution is 2.25. The van der Waals surface area contributed by atoms with Gasteiger partial charge in [-0.1, -0.05) is 19.1 Å². The highest BCUT2D eigenvalue weighted by molar-refractivity contribution is 5.53. The first-order valence-electron chi connectivity index (χ1n) is 7.05. The highest BCUT2D eigenvalue weighted by Gasteiger charge is 2.19. The molecule has 2 rings (SSSR count). The van der Waals surface area contributed by atoms with Crippen molar-refractivity contribution in [1.29, 1.82) is 0 Å². The lowest BCUT2D eigenvalue weighted by atomic mass is 10.2. The monoisotopic (exact) mass is 288 g/mol. The van der Waals surface area contributed by atoms with Crippen LogP contribution in [-0.4, -0.2) is 21.2 Å². The molecule has 6 nitrogen and oxygen atoms in total. The van der Waals surface area contributed by atoms with Crippen molar-refractivity contribution in [3.8, 4) is 5.69 Å². The Morgan fingerprint density at radius 1 is 1.33 bits per heavy atom. The number of rotatable bonds is 6. The fourth-order valence-corrected chi connectivity index (χ4v) is 2.35. The lowest BCUT2D eigenvalue weighted by molar-refractivity contribution is -0.384. The minimum Gasteiger partial charge on any atom is -0.313 e. The van der Waals surface area contributed by atoms with Crippen LogP contribution in [-0.2, 0) is 6.54 Å². The van der Waals surface area contributed by atoms with Crippen LogP contribution in [0.3, 0.4) is 0 Å². The zero-order valence-corrected chi connectivity index (χ0v) is 12.6. The summed E-state index contributed by atoms with van der Waals surface area (Å²) in [6, 6.07) is 6.67. The van der Waals surface area contributed by atoms with Crippen LogP contribution in [0.5, 0.6) is 0 Å². The Labute approximate surface area is 123 Å². The fourth-order valence-electron chi connectivity index (χ4n) is 2.35. The van der Waals surface area contributed by atoms with Gasteiger partial charge in [-0.25, -0.2) is 4.68 Å². The lowest BCUT2D eigenvalue weighted by Crippen LogP contribution is -2.15. The van der Waals surface area contributed by atoms with E-state index in [-0.39, 0.29) is 10.6 Å². The van der Waals surface area contributed by atoms with Crippen molar-refractivity contribution >= 4 is 5.69 Å². The third-order valence-electron chi connectivity index (χ3n) is 3.48. The number of para-hydroxylation sites is 2. The molecule has 0 radical (unpaired) electrons. The summed E-state index contributed by atoms with van der Waals surface area (Å²) in [5.41, 5.74) is 3.50. The second-order valence-electron chi connectivity index (χ2n) is 4.98. The summed E-state index contributed by atoms with van der Waals surface area (Å²) < 4.78 is 1.66. The molecule has 21 heavy (non-hydrogen) atoms. The zero-order chi connectivity index (χ0) is 15.4. The van der Waals surface area contributed by atoms with Crippen LogP contribution in [0.1, 0.15) is 30.3 Å². The Hall–Kier alpha value is -2.21. The van der Waals surface area contributed by atoms with Crippen molar-refractivity contribution < 1.29 is 4.92 Å². The fraction of sp³-hybridized carbons (Fsp3) is 0.400. The second kappa shape index (κ2) is 6.49. The molecule has 6 heteroatoms. The van der Waals surface area contributed by atoms with Gasteiger partial charge in [0.15, 0.2) is 0 Å². The summed E-state index contributed by atoms with van der Waals surface area (Å²) in [7, 11) is 0. The summed E-state index contributed by atoms with van der Waals surface area (Å²) >= 11 is 0. The van der Waals surface area contributed by atoms with E-state index in [1.54, 1.807) is 22.9 Å².